The summed E-state index contributed by atoms with van der Waals surface area (Å²) < 4.78 is 60.7. The zero-order valence-corrected chi connectivity index (χ0v) is 18.0. The highest BCUT2D eigenvalue weighted by atomic mass is 19.2. The van der Waals surface area contributed by atoms with Gasteiger partial charge < -0.3 is 10.1 Å². The number of aromatic nitrogens is 2. The van der Waals surface area contributed by atoms with Crippen LogP contribution in [-0.4, -0.2) is 15.7 Å². The highest BCUT2D eigenvalue weighted by molar-refractivity contribution is 6.03. The number of carbonyl (C=O) groups is 1. The van der Waals surface area contributed by atoms with Gasteiger partial charge in [0.05, 0.1) is 6.54 Å². The van der Waals surface area contributed by atoms with Crippen LogP contribution in [0.4, 0.5) is 23.4 Å². The van der Waals surface area contributed by atoms with Crippen molar-refractivity contribution in [2.75, 3.05) is 5.32 Å². The van der Waals surface area contributed by atoms with Gasteiger partial charge in [-0.2, -0.15) is 13.9 Å². The summed E-state index contributed by atoms with van der Waals surface area (Å²) in [5, 5.41) is 7.14. The number of ether oxygens (including phenoxy) is 1. The summed E-state index contributed by atoms with van der Waals surface area (Å²) >= 11 is 0. The smallest absolute Gasteiger partial charge is 0.256 e. The number of aryl methyl sites for hydroxylation is 1. The van der Waals surface area contributed by atoms with E-state index in [4.69, 9.17) is 4.74 Å². The van der Waals surface area contributed by atoms with Crippen LogP contribution in [0.2, 0.25) is 0 Å². The van der Waals surface area contributed by atoms with E-state index in [2.05, 4.69) is 10.4 Å². The maximum atomic E-state index is 13.7. The number of rotatable bonds is 7. The van der Waals surface area contributed by atoms with E-state index in [0.717, 1.165) is 11.3 Å². The van der Waals surface area contributed by atoms with Crippen LogP contribution in [0.25, 0.3) is 0 Å². The van der Waals surface area contributed by atoms with E-state index in [1.165, 1.54) is 24.3 Å². The Morgan fingerprint density at radius 3 is 2.21 bits per heavy atom. The van der Waals surface area contributed by atoms with Gasteiger partial charge in [-0.05, 0) is 30.2 Å². The molecule has 9 heteroatoms. The lowest BCUT2D eigenvalue weighted by Gasteiger charge is -2.10. The number of nitrogens with one attached hydrogen (secondary N) is 1. The van der Waals surface area contributed by atoms with Crippen molar-refractivity contribution in [2.24, 2.45) is 0 Å². The summed E-state index contributed by atoms with van der Waals surface area (Å²) in [6.07, 6.45) is 0. The third kappa shape index (κ3) is 5.09. The normalized spacial score (nSPS) is 10.9. The van der Waals surface area contributed by atoms with E-state index in [-0.39, 0.29) is 12.7 Å². The first-order valence-electron chi connectivity index (χ1n) is 10.3. The minimum Gasteiger partial charge on any atom is -0.483 e. The summed E-state index contributed by atoms with van der Waals surface area (Å²) in [6, 6.07) is 17.6. The number of halogens is 4. The molecule has 4 aromatic rings. The van der Waals surface area contributed by atoms with Gasteiger partial charge in [-0.25, -0.2) is 8.78 Å². The number of benzene rings is 3. The Kier molecular flexibility index (Phi) is 6.62. The average Bonchev–Trinajstić information content (AvgIpc) is 3.17. The van der Waals surface area contributed by atoms with Gasteiger partial charge in [-0.3, -0.25) is 9.48 Å². The SMILES string of the molecule is Cc1cc(NC(=O)c2ccc(COc3c(F)c(F)cc(F)c3F)cc2)nn1Cc1ccccc1. The van der Waals surface area contributed by atoms with Crippen molar-refractivity contribution in [3.8, 4) is 5.75 Å². The van der Waals surface area contributed by atoms with Crippen LogP contribution in [0.1, 0.15) is 27.2 Å². The molecule has 1 N–H and O–H groups in total. The lowest BCUT2D eigenvalue weighted by Crippen LogP contribution is -2.13. The van der Waals surface area contributed by atoms with Crippen molar-refractivity contribution in [3.05, 3.63) is 112 Å². The fraction of sp³-hybridized carbons (Fsp3) is 0.120. The van der Waals surface area contributed by atoms with E-state index in [0.29, 0.717) is 23.5 Å². The van der Waals surface area contributed by atoms with Gasteiger partial charge in [0.1, 0.15) is 6.61 Å². The fourth-order valence-corrected chi connectivity index (χ4v) is 3.26. The molecule has 0 aliphatic carbocycles. The van der Waals surface area contributed by atoms with E-state index >= 15 is 0 Å². The molecule has 34 heavy (non-hydrogen) atoms. The number of amides is 1. The molecule has 1 amide bonds. The summed E-state index contributed by atoms with van der Waals surface area (Å²) in [5.74, 6) is -7.48. The molecule has 1 heterocycles. The average molecular weight is 469 g/mol. The molecule has 0 spiro atoms. The standard InChI is InChI=1S/C25H19F4N3O2/c1-15-11-21(31-32(15)13-16-5-3-2-4-6-16)30-25(33)18-9-7-17(8-10-18)14-34-24-22(28)19(26)12-20(27)23(24)29/h2-12H,13-14H2,1H3,(H,30,31,33). The van der Waals surface area contributed by atoms with Crippen LogP contribution < -0.4 is 10.1 Å². The first-order chi connectivity index (χ1) is 16.3. The highest BCUT2D eigenvalue weighted by Gasteiger charge is 2.20. The number of carbonyl (C=O) groups excluding carboxylic acids is 1. The van der Waals surface area contributed by atoms with Gasteiger partial charge in [0.25, 0.3) is 5.91 Å². The molecule has 0 unspecified atom stereocenters. The van der Waals surface area contributed by atoms with E-state index in [9.17, 15) is 22.4 Å². The lowest BCUT2D eigenvalue weighted by atomic mass is 10.1. The Labute approximate surface area is 192 Å². The van der Waals surface area contributed by atoms with E-state index < -0.39 is 34.9 Å². The van der Waals surface area contributed by atoms with Crippen molar-refractivity contribution in [1.82, 2.24) is 9.78 Å². The fourth-order valence-electron chi connectivity index (χ4n) is 3.26. The molecule has 0 saturated heterocycles. The lowest BCUT2D eigenvalue weighted by molar-refractivity contribution is 0.102. The number of hydrogen-bond donors (Lipinski definition) is 1. The van der Waals surface area contributed by atoms with Crippen molar-refractivity contribution in [3.63, 3.8) is 0 Å². The molecule has 4 rings (SSSR count). The topological polar surface area (TPSA) is 56.1 Å². The molecule has 174 valence electrons. The molecule has 0 fully saturated rings. The first kappa shape index (κ1) is 23.0. The molecule has 0 aliphatic heterocycles. The zero-order chi connectivity index (χ0) is 24.2. The molecule has 0 saturated carbocycles. The number of nitrogens with zero attached hydrogens (tertiary/aromatic N) is 2. The summed E-state index contributed by atoms with van der Waals surface area (Å²) in [6.45, 7) is 2.09. The zero-order valence-electron chi connectivity index (χ0n) is 18.0. The Morgan fingerprint density at radius 1 is 0.912 bits per heavy atom. The third-order valence-electron chi connectivity index (χ3n) is 5.07. The maximum absolute atomic E-state index is 13.7. The molecule has 0 aliphatic rings. The van der Waals surface area contributed by atoms with E-state index in [1.54, 1.807) is 10.7 Å². The Balaban J connectivity index is 1.39. The third-order valence-corrected chi connectivity index (χ3v) is 5.07. The second-order valence-corrected chi connectivity index (χ2v) is 7.55. The first-order valence-corrected chi connectivity index (χ1v) is 10.3. The minimum absolute atomic E-state index is 0.108. The molecule has 3 aromatic carbocycles. The maximum Gasteiger partial charge on any atom is 0.256 e. The predicted octanol–water partition coefficient (Wildman–Crippen LogP) is 5.63. The van der Waals surface area contributed by atoms with Gasteiger partial charge in [0, 0.05) is 23.4 Å². The minimum atomic E-state index is -1.61. The van der Waals surface area contributed by atoms with E-state index in [1.807, 2.05) is 37.3 Å². The number of anilines is 1. The summed E-state index contributed by atoms with van der Waals surface area (Å²) in [7, 11) is 0. The van der Waals surface area contributed by atoms with Crippen LogP contribution in [0, 0.1) is 30.2 Å². The van der Waals surface area contributed by atoms with Gasteiger partial charge >= 0.3 is 0 Å². The second-order valence-electron chi connectivity index (χ2n) is 7.55. The Bertz CT molecular complexity index is 1300. The quantitative estimate of drug-likeness (QED) is 0.282. The Morgan fingerprint density at radius 2 is 1.56 bits per heavy atom. The molecule has 0 radical (unpaired) electrons. The van der Waals surface area contributed by atoms with Crippen LogP contribution in [0.5, 0.6) is 5.75 Å². The molecule has 5 nitrogen and oxygen atoms in total. The van der Waals surface area contributed by atoms with Crippen LogP contribution in [0.15, 0.2) is 66.7 Å². The van der Waals surface area contributed by atoms with Crippen molar-refractivity contribution < 1.29 is 27.1 Å². The molecular weight excluding hydrogens is 450 g/mol. The summed E-state index contributed by atoms with van der Waals surface area (Å²) in [4.78, 5) is 12.6. The monoisotopic (exact) mass is 469 g/mol. The van der Waals surface area contributed by atoms with Crippen LogP contribution in [-0.2, 0) is 13.2 Å². The highest BCUT2D eigenvalue weighted by Crippen LogP contribution is 2.27. The second kappa shape index (κ2) is 9.78. The van der Waals surface area contributed by atoms with Gasteiger partial charge in [-0.15, -0.1) is 0 Å². The van der Waals surface area contributed by atoms with Crippen molar-refractivity contribution in [1.29, 1.82) is 0 Å². The number of hydrogen-bond acceptors (Lipinski definition) is 3. The van der Waals surface area contributed by atoms with Crippen LogP contribution in [0.3, 0.4) is 0 Å². The van der Waals surface area contributed by atoms with Crippen LogP contribution >= 0.6 is 0 Å². The Hall–Kier alpha value is -4.14. The van der Waals surface area contributed by atoms with Gasteiger partial charge in [0.2, 0.25) is 11.6 Å². The largest absolute Gasteiger partial charge is 0.483 e. The van der Waals surface area contributed by atoms with Gasteiger partial charge in [-0.1, -0.05) is 42.5 Å². The van der Waals surface area contributed by atoms with Crippen molar-refractivity contribution >= 4 is 11.7 Å². The molecule has 1 aromatic heterocycles. The summed E-state index contributed by atoms with van der Waals surface area (Å²) in [5.41, 5.74) is 2.70. The molecule has 0 atom stereocenters. The molecule has 0 bridgehead atoms. The van der Waals surface area contributed by atoms with Gasteiger partial charge in [0.15, 0.2) is 23.2 Å². The molecular formula is C25H19F4N3O2. The predicted molar refractivity (Wildman–Crippen MR) is 118 cm³/mol. The van der Waals surface area contributed by atoms with Crippen molar-refractivity contribution in [2.45, 2.75) is 20.1 Å².